The van der Waals surface area contributed by atoms with Gasteiger partial charge in [0.1, 0.15) is 12.2 Å². The van der Waals surface area contributed by atoms with Crippen LogP contribution >= 0.6 is 0 Å². The number of hydrogen-bond donors (Lipinski definition) is 1. The number of aliphatic hydroxyl groups excluding tert-OH is 1. The zero-order chi connectivity index (χ0) is 8.10. The molecule has 1 saturated heterocycles. The standard InChI is InChI=1S/C8H12O3/c1-2-5-10-8-7(9)4-3-6-11-8/h7-9H,3-4,6H2,1H3. The van der Waals surface area contributed by atoms with Gasteiger partial charge in [0.25, 0.3) is 0 Å². The lowest BCUT2D eigenvalue weighted by Gasteiger charge is -2.25. The molecule has 11 heavy (non-hydrogen) atoms. The Labute approximate surface area is 66.3 Å². The minimum atomic E-state index is -0.545. The molecule has 1 N–H and O–H groups in total. The van der Waals surface area contributed by atoms with E-state index >= 15 is 0 Å². The Bertz CT molecular complexity index is 168. The van der Waals surface area contributed by atoms with Gasteiger partial charge in [0.15, 0.2) is 0 Å². The fourth-order valence-corrected chi connectivity index (χ4v) is 0.969. The third kappa shape index (κ3) is 2.41. The molecule has 1 aliphatic heterocycles. The van der Waals surface area contributed by atoms with Gasteiger partial charge in [0, 0.05) is 6.92 Å². The van der Waals surface area contributed by atoms with Gasteiger partial charge < -0.3 is 14.6 Å². The highest BCUT2D eigenvalue weighted by atomic mass is 16.7. The summed E-state index contributed by atoms with van der Waals surface area (Å²) >= 11 is 0. The molecular weight excluding hydrogens is 144 g/mol. The molecule has 0 radical (unpaired) electrons. The molecule has 0 aromatic rings. The van der Waals surface area contributed by atoms with Crippen LogP contribution in [0.15, 0.2) is 0 Å². The van der Waals surface area contributed by atoms with Gasteiger partial charge in [0.2, 0.25) is 6.29 Å². The summed E-state index contributed by atoms with van der Waals surface area (Å²) in [4.78, 5) is 0. The van der Waals surface area contributed by atoms with Gasteiger partial charge in [-0.1, -0.05) is 5.92 Å². The lowest BCUT2D eigenvalue weighted by molar-refractivity contribution is -0.183. The van der Waals surface area contributed by atoms with Crippen molar-refractivity contribution in [2.24, 2.45) is 0 Å². The van der Waals surface area contributed by atoms with Crippen LogP contribution in [-0.2, 0) is 9.47 Å². The Morgan fingerprint density at radius 1 is 1.64 bits per heavy atom. The highest BCUT2D eigenvalue weighted by Crippen LogP contribution is 2.13. The molecule has 62 valence electrons. The Kier molecular flexibility index (Phi) is 3.21. The topological polar surface area (TPSA) is 38.7 Å². The smallest absolute Gasteiger partial charge is 0.236 e. The molecule has 0 amide bonds. The molecular formula is C8H12O3. The summed E-state index contributed by atoms with van der Waals surface area (Å²) < 4.78 is 10.0. The summed E-state index contributed by atoms with van der Waals surface area (Å²) in [5, 5.41) is 9.28. The normalized spacial score (nSPS) is 30.4. The Morgan fingerprint density at radius 3 is 3.09 bits per heavy atom. The molecule has 1 fully saturated rings. The van der Waals surface area contributed by atoms with Crippen molar-refractivity contribution in [3.63, 3.8) is 0 Å². The molecule has 1 aliphatic rings. The molecule has 3 nitrogen and oxygen atoms in total. The highest BCUT2D eigenvalue weighted by Gasteiger charge is 2.24. The van der Waals surface area contributed by atoms with E-state index in [0.717, 1.165) is 12.8 Å². The van der Waals surface area contributed by atoms with Crippen LogP contribution in [0.3, 0.4) is 0 Å². The van der Waals surface area contributed by atoms with Gasteiger partial charge in [-0.3, -0.25) is 0 Å². The van der Waals surface area contributed by atoms with Crippen molar-refractivity contribution >= 4 is 0 Å². The summed E-state index contributed by atoms with van der Waals surface area (Å²) in [5.41, 5.74) is 0. The molecule has 0 aromatic carbocycles. The first-order valence-corrected chi connectivity index (χ1v) is 3.71. The summed E-state index contributed by atoms with van der Waals surface area (Å²) in [6.07, 6.45) is 2.97. The van der Waals surface area contributed by atoms with Crippen molar-refractivity contribution < 1.29 is 14.6 Å². The average molecular weight is 156 g/mol. The minimum absolute atomic E-state index is 0.524. The summed E-state index contributed by atoms with van der Waals surface area (Å²) in [7, 11) is 0. The van der Waals surface area contributed by atoms with Gasteiger partial charge in [0.05, 0.1) is 6.61 Å². The second-order valence-corrected chi connectivity index (χ2v) is 2.42. The van der Waals surface area contributed by atoms with Crippen LogP contribution in [0.4, 0.5) is 0 Å². The SMILES string of the molecule is CC#COC1OCCCC1O. The van der Waals surface area contributed by atoms with Crippen LogP contribution in [0.1, 0.15) is 19.8 Å². The first kappa shape index (κ1) is 8.38. The van der Waals surface area contributed by atoms with Gasteiger partial charge in [-0.25, -0.2) is 0 Å². The average Bonchev–Trinajstić information content (AvgIpc) is 2.03. The second kappa shape index (κ2) is 4.22. The predicted octanol–water partition coefficient (Wildman–Crippen LogP) is 0.481. The van der Waals surface area contributed by atoms with E-state index in [0.29, 0.717) is 6.61 Å². The minimum Gasteiger partial charge on any atom is -0.412 e. The van der Waals surface area contributed by atoms with Gasteiger partial charge in [-0.2, -0.15) is 0 Å². The zero-order valence-electron chi connectivity index (χ0n) is 6.54. The van der Waals surface area contributed by atoms with E-state index in [1.807, 2.05) is 0 Å². The maximum Gasteiger partial charge on any atom is 0.236 e. The van der Waals surface area contributed by atoms with Crippen molar-refractivity contribution in [2.75, 3.05) is 6.61 Å². The molecule has 0 bridgehead atoms. The lowest BCUT2D eigenvalue weighted by Crippen LogP contribution is -2.35. The maximum atomic E-state index is 9.28. The Morgan fingerprint density at radius 2 is 2.45 bits per heavy atom. The molecule has 0 saturated carbocycles. The lowest BCUT2D eigenvalue weighted by atomic mass is 10.1. The summed E-state index contributed by atoms with van der Waals surface area (Å²) in [5.74, 6) is 2.57. The van der Waals surface area contributed by atoms with Crippen molar-refractivity contribution in [2.45, 2.75) is 32.2 Å². The maximum absolute atomic E-state index is 9.28. The zero-order valence-corrected chi connectivity index (χ0v) is 6.54. The van der Waals surface area contributed by atoms with Crippen LogP contribution in [0.2, 0.25) is 0 Å². The van der Waals surface area contributed by atoms with Crippen molar-refractivity contribution in [3.8, 4) is 12.0 Å². The highest BCUT2D eigenvalue weighted by molar-refractivity contribution is 4.86. The van der Waals surface area contributed by atoms with E-state index in [2.05, 4.69) is 12.0 Å². The largest absolute Gasteiger partial charge is 0.412 e. The molecule has 2 atom stereocenters. The fourth-order valence-electron chi connectivity index (χ4n) is 0.969. The van der Waals surface area contributed by atoms with Crippen LogP contribution in [-0.4, -0.2) is 24.1 Å². The number of ether oxygens (including phenoxy) is 2. The van der Waals surface area contributed by atoms with E-state index < -0.39 is 12.4 Å². The monoisotopic (exact) mass is 156 g/mol. The second-order valence-electron chi connectivity index (χ2n) is 2.42. The summed E-state index contributed by atoms with van der Waals surface area (Å²) in [6.45, 7) is 2.32. The van der Waals surface area contributed by atoms with E-state index in [1.165, 1.54) is 0 Å². The molecule has 2 unspecified atom stereocenters. The first-order valence-electron chi connectivity index (χ1n) is 3.71. The molecule has 0 aromatic heterocycles. The fraction of sp³-hybridized carbons (Fsp3) is 0.750. The molecule has 1 heterocycles. The molecule has 0 aliphatic carbocycles. The first-order chi connectivity index (χ1) is 5.34. The van der Waals surface area contributed by atoms with Crippen LogP contribution in [0.5, 0.6) is 0 Å². The molecule has 3 heteroatoms. The van der Waals surface area contributed by atoms with Gasteiger partial charge >= 0.3 is 0 Å². The number of hydrogen-bond acceptors (Lipinski definition) is 3. The summed E-state index contributed by atoms with van der Waals surface area (Å²) in [6, 6.07) is 0. The van der Waals surface area contributed by atoms with Crippen molar-refractivity contribution in [1.29, 1.82) is 0 Å². The van der Waals surface area contributed by atoms with E-state index in [1.54, 1.807) is 6.92 Å². The number of aliphatic hydroxyl groups is 1. The van der Waals surface area contributed by atoms with Gasteiger partial charge in [-0.15, -0.1) is 0 Å². The van der Waals surface area contributed by atoms with E-state index in [4.69, 9.17) is 9.47 Å². The number of rotatable bonds is 1. The van der Waals surface area contributed by atoms with Crippen LogP contribution in [0, 0.1) is 12.0 Å². The van der Waals surface area contributed by atoms with Crippen molar-refractivity contribution in [3.05, 3.63) is 0 Å². The predicted molar refractivity (Wildman–Crippen MR) is 39.5 cm³/mol. The van der Waals surface area contributed by atoms with Gasteiger partial charge in [-0.05, 0) is 12.8 Å². The van der Waals surface area contributed by atoms with E-state index in [-0.39, 0.29) is 0 Å². The van der Waals surface area contributed by atoms with Crippen molar-refractivity contribution in [1.82, 2.24) is 0 Å². The van der Waals surface area contributed by atoms with Crippen LogP contribution < -0.4 is 0 Å². The quantitative estimate of drug-likeness (QED) is 0.561. The molecule has 1 rings (SSSR count). The van der Waals surface area contributed by atoms with Crippen LogP contribution in [0.25, 0.3) is 0 Å². The molecule has 0 spiro atoms. The Balaban J connectivity index is 2.33. The Hall–Kier alpha value is -0.720. The third-order valence-electron chi connectivity index (χ3n) is 1.52. The van der Waals surface area contributed by atoms with E-state index in [9.17, 15) is 5.11 Å². The third-order valence-corrected chi connectivity index (χ3v) is 1.52.